The van der Waals surface area contributed by atoms with E-state index in [1.807, 2.05) is 0 Å². The van der Waals surface area contributed by atoms with Gasteiger partial charge in [0.25, 0.3) is 0 Å². The lowest BCUT2D eigenvalue weighted by Crippen LogP contribution is -2.00. The predicted octanol–water partition coefficient (Wildman–Crippen LogP) is 2.34. The second-order valence-corrected chi connectivity index (χ2v) is 6.09. The standard InChI is InChI=1S/C16H14O8S/c17-9-1-7(13(19)11(3-9)15(21)22)5-25-6-8-2-10(18)4-12(14(8)20)16(23)24/h1-4,17-20H,5-6H2,(H,21,22)(H,23,24). The molecule has 0 spiro atoms. The van der Waals surface area contributed by atoms with Gasteiger partial charge in [-0.25, -0.2) is 9.59 Å². The molecule has 0 saturated carbocycles. The molecule has 0 heterocycles. The monoisotopic (exact) mass is 366 g/mol. The summed E-state index contributed by atoms with van der Waals surface area (Å²) in [6.45, 7) is 0. The average Bonchev–Trinajstić information content (AvgIpc) is 2.52. The number of benzene rings is 2. The topological polar surface area (TPSA) is 156 Å². The van der Waals surface area contributed by atoms with Gasteiger partial charge in [-0.3, -0.25) is 0 Å². The van der Waals surface area contributed by atoms with Gasteiger partial charge < -0.3 is 30.6 Å². The van der Waals surface area contributed by atoms with Crippen LogP contribution in [0.4, 0.5) is 0 Å². The Morgan fingerprint density at radius 1 is 0.720 bits per heavy atom. The van der Waals surface area contributed by atoms with Crippen LogP contribution in [0, 0.1) is 0 Å². The van der Waals surface area contributed by atoms with Gasteiger partial charge in [0.2, 0.25) is 0 Å². The Morgan fingerprint density at radius 2 is 1.08 bits per heavy atom. The third-order valence-electron chi connectivity index (χ3n) is 3.32. The van der Waals surface area contributed by atoms with Crippen molar-refractivity contribution in [1.29, 1.82) is 0 Å². The Hall–Kier alpha value is -3.07. The molecular weight excluding hydrogens is 352 g/mol. The van der Waals surface area contributed by atoms with E-state index in [0.717, 1.165) is 23.9 Å². The van der Waals surface area contributed by atoms with Crippen molar-refractivity contribution in [2.24, 2.45) is 0 Å². The maximum Gasteiger partial charge on any atom is 0.339 e. The van der Waals surface area contributed by atoms with Gasteiger partial charge >= 0.3 is 11.9 Å². The van der Waals surface area contributed by atoms with Crippen LogP contribution in [-0.4, -0.2) is 42.6 Å². The molecule has 0 saturated heterocycles. The first-order valence-corrected chi connectivity index (χ1v) is 8.00. The number of phenols is 4. The van der Waals surface area contributed by atoms with Gasteiger partial charge in [0.05, 0.1) is 0 Å². The number of thioether (sulfide) groups is 1. The van der Waals surface area contributed by atoms with Crippen LogP contribution >= 0.6 is 11.8 Å². The molecule has 132 valence electrons. The number of rotatable bonds is 6. The molecule has 0 aliphatic heterocycles. The highest BCUT2D eigenvalue weighted by Crippen LogP contribution is 2.34. The minimum absolute atomic E-state index is 0.0814. The zero-order chi connectivity index (χ0) is 18.7. The average molecular weight is 366 g/mol. The van der Waals surface area contributed by atoms with Crippen molar-refractivity contribution < 1.29 is 40.2 Å². The van der Waals surface area contributed by atoms with Gasteiger partial charge in [0.15, 0.2) is 0 Å². The molecule has 0 aliphatic carbocycles. The van der Waals surface area contributed by atoms with E-state index in [0.29, 0.717) is 0 Å². The molecule has 0 fully saturated rings. The first-order valence-electron chi connectivity index (χ1n) is 6.84. The summed E-state index contributed by atoms with van der Waals surface area (Å²) in [5, 5.41) is 56.9. The highest BCUT2D eigenvalue weighted by molar-refractivity contribution is 7.97. The van der Waals surface area contributed by atoms with Crippen molar-refractivity contribution in [3.63, 3.8) is 0 Å². The molecule has 0 radical (unpaired) electrons. The highest BCUT2D eigenvalue weighted by Gasteiger charge is 2.18. The van der Waals surface area contributed by atoms with E-state index in [4.69, 9.17) is 10.2 Å². The smallest absolute Gasteiger partial charge is 0.339 e. The van der Waals surface area contributed by atoms with Crippen LogP contribution in [0.25, 0.3) is 0 Å². The van der Waals surface area contributed by atoms with Crippen molar-refractivity contribution in [3.05, 3.63) is 46.5 Å². The third-order valence-corrected chi connectivity index (χ3v) is 4.35. The van der Waals surface area contributed by atoms with Gasteiger partial charge in [-0.1, -0.05) is 0 Å². The number of carboxylic acids is 2. The maximum absolute atomic E-state index is 11.0. The molecular formula is C16H14O8S. The lowest BCUT2D eigenvalue weighted by atomic mass is 10.1. The number of aromatic carboxylic acids is 2. The predicted molar refractivity (Wildman–Crippen MR) is 88.5 cm³/mol. The zero-order valence-electron chi connectivity index (χ0n) is 12.6. The van der Waals surface area contributed by atoms with Crippen molar-refractivity contribution in [2.75, 3.05) is 0 Å². The fourth-order valence-electron chi connectivity index (χ4n) is 2.17. The molecule has 9 heteroatoms. The Kier molecular flexibility index (Phi) is 5.28. The van der Waals surface area contributed by atoms with Crippen LogP contribution in [-0.2, 0) is 11.5 Å². The number of hydrogen-bond acceptors (Lipinski definition) is 7. The molecule has 6 N–H and O–H groups in total. The molecule has 0 aromatic heterocycles. The summed E-state index contributed by atoms with van der Waals surface area (Å²) in [6, 6.07) is 4.26. The molecule has 25 heavy (non-hydrogen) atoms. The molecule has 0 unspecified atom stereocenters. The van der Waals surface area contributed by atoms with E-state index >= 15 is 0 Å². The van der Waals surface area contributed by atoms with Gasteiger partial charge in [0.1, 0.15) is 34.1 Å². The molecule has 0 bridgehead atoms. The molecule has 0 aliphatic rings. The fourth-order valence-corrected chi connectivity index (χ4v) is 3.15. The molecule has 8 nitrogen and oxygen atoms in total. The second-order valence-electron chi connectivity index (χ2n) is 5.11. The largest absolute Gasteiger partial charge is 0.508 e. The lowest BCUT2D eigenvalue weighted by Gasteiger charge is -2.10. The summed E-state index contributed by atoms with van der Waals surface area (Å²) >= 11 is 1.12. The first kappa shape index (κ1) is 18.3. The Bertz CT molecular complexity index is 777. The quantitative estimate of drug-likeness (QED) is 0.422. The van der Waals surface area contributed by atoms with E-state index in [-0.39, 0.29) is 34.1 Å². The number of hydrogen-bond donors (Lipinski definition) is 6. The SMILES string of the molecule is O=C(O)c1cc(O)cc(CSCc2cc(O)cc(C(=O)O)c2O)c1O. The van der Waals surface area contributed by atoms with E-state index in [1.54, 1.807) is 0 Å². The van der Waals surface area contributed by atoms with Crippen LogP contribution < -0.4 is 0 Å². The molecule has 2 rings (SSSR count). The summed E-state index contributed by atoms with van der Waals surface area (Å²) in [6.07, 6.45) is 0. The number of phenolic OH excluding ortho intramolecular Hbond substituents is 2. The van der Waals surface area contributed by atoms with Crippen molar-refractivity contribution in [2.45, 2.75) is 11.5 Å². The van der Waals surface area contributed by atoms with Crippen molar-refractivity contribution >= 4 is 23.7 Å². The van der Waals surface area contributed by atoms with Crippen LogP contribution in [0.15, 0.2) is 24.3 Å². The molecule has 0 atom stereocenters. The van der Waals surface area contributed by atoms with Gasteiger partial charge in [-0.15, -0.1) is 0 Å². The zero-order valence-corrected chi connectivity index (χ0v) is 13.4. The van der Waals surface area contributed by atoms with Crippen LogP contribution in [0.5, 0.6) is 23.0 Å². The Morgan fingerprint density at radius 3 is 1.40 bits per heavy atom. The highest BCUT2D eigenvalue weighted by atomic mass is 32.2. The van der Waals surface area contributed by atoms with Gasteiger partial charge in [-0.05, 0) is 24.3 Å². The number of carbonyl (C=O) groups is 2. The first-order chi connectivity index (χ1) is 11.7. The molecule has 2 aromatic rings. The lowest BCUT2D eigenvalue weighted by molar-refractivity contribution is 0.0682. The van der Waals surface area contributed by atoms with E-state index in [1.165, 1.54) is 12.1 Å². The third kappa shape index (κ3) is 4.07. The number of carboxylic acid groups (broad SMARTS) is 2. The second kappa shape index (κ2) is 7.22. The van der Waals surface area contributed by atoms with Gasteiger partial charge in [-0.2, -0.15) is 11.8 Å². The summed E-state index contributed by atoms with van der Waals surface area (Å²) < 4.78 is 0. The fraction of sp³-hybridized carbons (Fsp3) is 0.125. The Labute approximate surface area is 145 Å². The summed E-state index contributed by atoms with van der Waals surface area (Å²) in [4.78, 5) is 22.0. The van der Waals surface area contributed by atoms with Crippen LogP contribution in [0.3, 0.4) is 0 Å². The van der Waals surface area contributed by atoms with Crippen LogP contribution in [0.2, 0.25) is 0 Å². The van der Waals surface area contributed by atoms with Crippen molar-refractivity contribution in [1.82, 2.24) is 0 Å². The maximum atomic E-state index is 11.0. The van der Waals surface area contributed by atoms with E-state index < -0.39 is 34.6 Å². The summed E-state index contributed by atoms with van der Waals surface area (Å²) in [5.41, 5.74) is -0.547. The molecule has 2 aromatic carbocycles. The minimum atomic E-state index is -1.39. The minimum Gasteiger partial charge on any atom is -0.508 e. The van der Waals surface area contributed by atoms with Crippen molar-refractivity contribution in [3.8, 4) is 23.0 Å². The van der Waals surface area contributed by atoms with E-state index in [2.05, 4.69) is 0 Å². The normalized spacial score (nSPS) is 10.6. The van der Waals surface area contributed by atoms with Crippen LogP contribution in [0.1, 0.15) is 31.8 Å². The molecule has 0 amide bonds. The Balaban J connectivity index is 2.20. The van der Waals surface area contributed by atoms with Gasteiger partial charge in [0, 0.05) is 22.6 Å². The van der Waals surface area contributed by atoms with E-state index in [9.17, 15) is 30.0 Å². The summed E-state index contributed by atoms with van der Waals surface area (Å²) in [5.74, 6) is -4.23. The number of aromatic hydroxyl groups is 4. The summed E-state index contributed by atoms with van der Waals surface area (Å²) in [7, 11) is 0.